The minimum absolute atomic E-state index is 0. The fourth-order valence-electron chi connectivity index (χ4n) is 9.65. The zero-order valence-corrected chi connectivity index (χ0v) is 34.2. The summed E-state index contributed by atoms with van der Waals surface area (Å²) in [5, 5.41) is 5.28. The van der Waals surface area contributed by atoms with Gasteiger partial charge in [-0.25, -0.2) is 0 Å². The third-order valence-corrected chi connectivity index (χ3v) is 29.1. The minimum Gasteiger partial charge on any atom is -0.147 e. The summed E-state index contributed by atoms with van der Waals surface area (Å²) in [4.78, 5) is 0. The number of aryl methyl sites for hydroxylation is 2. The SMILES string of the molecule is CC1=Cc2c(-c3cccc4ccccc34)ccc(C)c2[CH]1[Zr]([CH3])([CH3])(=[SiH2])[CH]1C(C)=Cc2c(-c3cccc4ccccc34)ccc(C)c21.Cl.Cl. The smallest absolute Gasteiger partial charge is 0.147 e. The van der Waals surface area contributed by atoms with Gasteiger partial charge in [0, 0.05) is 0 Å². The maximum absolute atomic E-state index is 3.72. The number of rotatable bonds is 4. The Morgan fingerprint density at radius 3 is 1.25 bits per heavy atom. The Hall–Kier alpha value is -3.00. The predicted octanol–water partition coefficient (Wildman–Crippen LogP) is 12.7. The fraction of sp³-hybridized carbons (Fsp3) is 0.182. The van der Waals surface area contributed by atoms with Gasteiger partial charge in [-0.15, -0.1) is 24.8 Å². The predicted molar refractivity (Wildman–Crippen MR) is 216 cm³/mol. The van der Waals surface area contributed by atoms with Crippen LogP contribution in [0.4, 0.5) is 0 Å². The van der Waals surface area contributed by atoms with Crippen LogP contribution in [0.25, 0.3) is 56.0 Å². The topological polar surface area (TPSA) is 0 Å². The van der Waals surface area contributed by atoms with Gasteiger partial charge in [-0.2, -0.15) is 0 Å². The number of hydrogen-bond acceptors (Lipinski definition) is 0. The second-order valence-electron chi connectivity index (χ2n) is 15.1. The summed E-state index contributed by atoms with van der Waals surface area (Å²) in [5.74, 6) is 0. The summed E-state index contributed by atoms with van der Waals surface area (Å²) in [6.07, 6.45) is 5.12. The van der Waals surface area contributed by atoms with E-state index in [0.29, 0.717) is 7.25 Å². The van der Waals surface area contributed by atoms with Crippen molar-refractivity contribution in [3.8, 4) is 22.3 Å². The Morgan fingerprint density at radius 2 is 0.833 bits per heavy atom. The Morgan fingerprint density at radius 1 is 0.458 bits per heavy atom. The number of fused-ring (bicyclic) bond motifs is 4. The summed E-state index contributed by atoms with van der Waals surface area (Å²) in [6.45, 7) is 12.0. The van der Waals surface area contributed by atoms with Gasteiger partial charge >= 0.3 is 278 Å². The molecule has 2 aliphatic carbocycles. The van der Waals surface area contributed by atoms with Gasteiger partial charge in [0.1, 0.15) is 0 Å². The molecule has 0 spiro atoms. The number of benzene rings is 6. The molecule has 2 atom stereocenters. The first-order chi connectivity index (χ1) is 22.0. The van der Waals surface area contributed by atoms with Crippen LogP contribution in [0.1, 0.15) is 54.5 Å². The monoisotopic (exact) mass is 760 g/mol. The first-order valence-corrected chi connectivity index (χ1v) is 30.4. The van der Waals surface area contributed by atoms with Crippen LogP contribution in [0, 0.1) is 13.8 Å². The summed E-state index contributed by atoms with van der Waals surface area (Å²) in [6, 6.07) is 40.8. The molecule has 0 saturated carbocycles. The van der Waals surface area contributed by atoms with E-state index in [1.54, 1.807) is 22.3 Å². The maximum atomic E-state index is 2.77. The first kappa shape index (κ1) is 34.8. The van der Waals surface area contributed by atoms with Crippen LogP contribution < -0.4 is 0 Å². The Balaban J connectivity index is 0.00000201. The molecule has 8 rings (SSSR count). The molecule has 6 aromatic rings. The number of allylic oxidation sites excluding steroid dienone is 2. The fourth-order valence-corrected chi connectivity index (χ4v) is 31.0. The van der Waals surface area contributed by atoms with Gasteiger partial charge in [-0.1, -0.05) is 0 Å². The molecule has 242 valence electrons. The Labute approximate surface area is 300 Å². The quantitative estimate of drug-likeness (QED) is 0.157. The van der Waals surface area contributed by atoms with Crippen molar-refractivity contribution in [2.75, 3.05) is 0 Å². The van der Waals surface area contributed by atoms with Gasteiger partial charge in [0.25, 0.3) is 0 Å². The molecule has 0 aromatic heterocycles. The van der Waals surface area contributed by atoms with Crippen molar-refractivity contribution in [2.24, 2.45) is 0 Å². The van der Waals surface area contributed by atoms with Crippen LogP contribution in [0.2, 0.25) is 9.26 Å². The van der Waals surface area contributed by atoms with Crippen LogP contribution >= 0.6 is 24.8 Å². The molecule has 0 N–H and O–H groups in total. The van der Waals surface area contributed by atoms with Crippen LogP contribution in [0.5, 0.6) is 0 Å². The molecule has 0 saturated heterocycles. The van der Waals surface area contributed by atoms with Crippen molar-refractivity contribution >= 4 is 65.4 Å². The van der Waals surface area contributed by atoms with Gasteiger partial charge in [0.15, 0.2) is 0 Å². The van der Waals surface area contributed by atoms with E-state index in [9.17, 15) is 0 Å². The second-order valence-corrected chi connectivity index (χ2v) is 45.6. The summed E-state index contributed by atoms with van der Waals surface area (Å²) in [5.41, 5.74) is 17.5. The van der Waals surface area contributed by atoms with Crippen molar-refractivity contribution in [1.82, 2.24) is 0 Å². The molecule has 0 fully saturated rings. The molecular formula is C44H44Cl2SiZr. The maximum Gasteiger partial charge on any atom is -0.147 e. The third-order valence-electron chi connectivity index (χ3n) is 11.3. The van der Waals surface area contributed by atoms with E-state index in [1.807, 2.05) is 0 Å². The molecule has 2 unspecified atom stereocenters. The third kappa shape index (κ3) is 5.18. The van der Waals surface area contributed by atoms with E-state index in [-0.39, 0.29) is 24.8 Å². The van der Waals surface area contributed by atoms with E-state index in [0.717, 1.165) is 0 Å². The Kier molecular flexibility index (Phi) is 9.00. The molecule has 0 bridgehead atoms. The van der Waals surface area contributed by atoms with E-state index < -0.39 is 17.4 Å². The normalized spacial score (nSPS) is 16.9. The van der Waals surface area contributed by atoms with E-state index >= 15 is 0 Å². The van der Waals surface area contributed by atoms with Crippen molar-refractivity contribution in [3.05, 3.63) is 154 Å². The van der Waals surface area contributed by atoms with Crippen LogP contribution in [0.3, 0.4) is 0 Å². The average Bonchev–Trinajstić information content (AvgIpc) is 3.60. The molecule has 0 radical (unpaired) electrons. The first-order valence-electron chi connectivity index (χ1n) is 16.7. The second kappa shape index (κ2) is 12.4. The van der Waals surface area contributed by atoms with Crippen LogP contribution in [0.15, 0.2) is 120 Å². The van der Waals surface area contributed by atoms with E-state index in [1.165, 1.54) is 66.1 Å². The molecule has 2 aliphatic rings. The van der Waals surface area contributed by atoms with E-state index in [4.69, 9.17) is 0 Å². The molecular weight excluding hydrogens is 719 g/mol. The zero-order chi connectivity index (χ0) is 32.0. The molecule has 0 amide bonds. The largest absolute Gasteiger partial charge is 0.147 e. The minimum atomic E-state index is -3.72. The molecule has 4 heteroatoms. The van der Waals surface area contributed by atoms with Crippen LogP contribution in [-0.2, 0) is 17.4 Å². The average molecular weight is 763 g/mol. The van der Waals surface area contributed by atoms with Gasteiger partial charge in [-0.05, 0) is 0 Å². The van der Waals surface area contributed by atoms with Gasteiger partial charge < -0.3 is 0 Å². The number of hydrogen-bond donors (Lipinski definition) is 0. The van der Waals surface area contributed by atoms with Gasteiger partial charge in [0.2, 0.25) is 0 Å². The number of halogens is 2. The summed E-state index contributed by atoms with van der Waals surface area (Å²) < 4.78 is 6.51. The van der Waals surface area contributed by atoms with Gasteiger partial charge in [0.05, 0.1) is 0 Å². The summed E-state index contributed by atoms with van der Waals surface area (Å²) >= 11 is -3.72. The molecule has 0 heterocycles. The molecule has 48 heavy (non-hydrogen) atoms. The van der Waals surface area contributed by atoms with Crippen LogP contribution in [-0.4, -0.2) is 6.88 Å². The Bertz CT molecular complexity index is 2230. The van der Waals surface area contributed by atoms with Crippen molar-refractivity contribution in [1.29, 1.82) is 0 Å². The molecule has 0 nitrogen and oxygen atoms in total. The van der Waals surface area contributed by atoms with E-state index in [2.05, 4.69) is 165 Å². The van der Waals surface area contributed by atoms with Gasteiger partial charge in [-0.3, -0.25) is 0 Å². The van der Waals surface area contributed by atoms with Crippen molar-refractivity contribution in [2.45, 2.75) is 44.2 Å². The standard InChI is InChI=1S/2C21H17.2CH3.2ClH.H2Si.Zr/c2*1-14-12-20-15(2)10-11-19(21(20)13-14)18-9-5-7-16-6-3-4-8-17(16)18;;;;;;/h2*3-13H,1-2H3;2*1H3;2*1H;1H2;. The molecule has 6 aromatic carbocycles. The zero-order valence-electron chi connectivity index (χ0n) is 28.7. The molecule has 0 aliphatic heterocycles. The van der Waals surface area contributed by atoms with Crippen molar-refractivity contribution < 1.29 is 17.4 Å². The van der Waals surface area contributed by atoms with Crippen molar-refractivity contribution in [3.63, 3.8) is 0 Å². The summed E-state index contributed by atoms with van der Waals surface area (Å²) in [7, 11) is 0.